The van der Waals surface area contributed by atoms with Crippen LogP contribution < -0.4 is 0 Å². The van der Waals surface area contributed by atoms with E-state index in [1.807, 2.05) is 6.08 Å². The van der Waals surface area contributed by atoms with Crippen LogP contribution in [0.3, 0.4) is 0 Å². The third kappa shape index (κ3) is 18.3. The fourth-order valence-electron chi connectivity index (χ4n) is 2.23. The van der Waals surface area contributed by atoms with Crippen molar-refractivity contribution in [2.24, 2.45) is 0 Å². The largest absolute Gasteiger partial charge is 0.481 e. The summed E-state index contributed by atoms with van der Waals surface area (Å²) >= 11 is 0. The minimum Gasteiger partial charge on any atom is -0.481 e. The molecule has 0 fully saturated rings. The van der Waals surface area contributed by atoms with Gasteiger partial charge >= 0.3 is 5.97 Å². The van der Waals surface area contributed by atoms with Crippen molar-refractivity contribution in [1.82, 2.24) is 0 Å². The molecule has 0 spiro atoms. The van der Waals surface area contributed by atoms with Gasteiger partial charge in [-0.2, -0.15) is 0 Å². The second-order valence-electron chi connectivity index (χ2n) is 5.81. The first-order valence-electron chi connectivity index (χ1n) is 8.92. The topological polar surface area (TPSA) is 54.4 Å². The van der Waals surface area contributed by atoms with Crippen LogP contribution in [0.1, 0.15) is 77.6 Å². The van der Waals surface area contributed by atoms with Crippen LogP contribution >= 0.6 is 0 Å². The monoisotopic (exact) mass is 320 g/mol. The van der Waals surface area contributed by atoms with Gasteiger partial charge in [-0.1, -0.05) is 82.6 Å². The molecule has 0 atom stereocenters. The molecule has 0 bridgehead atoms. The molecule has 3 nitrogen and oxygen atoms in total. The van der Waals surface area contributed by atoms with E-state index in [1.165, 1.54) is 76.0 Å². The maximum Gasteiger partial charge on any atom is 0.307 e. The molecule has 0 unspecified atom stereocenters. The van der Waals surface area contributed by atoms with Crippen LogP contribution in [0.15, 0.2) is 36.5 Å². The number of carbonyl (C=O) groups is 2. The van der Waals surface area contributed by atoms with Gasteiger partial charge in [0.05, 0.1) is 6.42 Å². The summed E-state index contributed by atoms with van der Waals surface area (Å²) in [4.78, 5) is 21.6. The first kappa shape index (κ1) is 21.4. The first-order valence-corrected chi connectivity index (χ1v) is 8.92. The van der Waals surface area contributed by atoms with Gasteiger partial charge in [0.2, 0.25) is 0 Å². The number of unbranched alkanes of at least 4 members (excludes halogenated alkanes) is 9. The molecule has 0 heterocycles. The summed E-state index contributed by atoms with van der Waals surface area (Å²) in [6, 6.07) is 0. The van der Waals surface area contributed by atoms with E-state index in [2.05, 4.69) is 13.0 Å². The van der Waals surface area contributed by atoms with E-state index in [0.29, 0.717) is 0 Å². The molecule has 0 aliphatic carbocycles. The maximum absolute atomic E-state index is 11.3. The summed E-state index contributed by atoms with van der Waals surface area (Å²) in [5.41, 5.74) is 0. The molecule has 130 valence electrons. The molecule has 23 heavy (non-hydrogen) atoms. The van der Waals surface area contributed by atoms with Crippen molar-refractivity contribution in [2.75, 3.05) is 0 Å². The number of ketones is 1. The molecule has 0 saturated heterocycles. The van der Waals surface area contributed by atoms with Crippen molar-refractivity contribution in [3.63, 3.8) is 0 Å². The van der Waals surface area contributed by atoms with Crippen molar-refractivity contribution in [2.45, 2.75) is 77.6 Å². The van der Waals surface area contributed by atoms with Gasteiger partial charge in [0.1, 0.15) is 0 Å². The Morgan fingerprint density at radius 3 is 2.00 bits per heavy atom. The summed E-state index contributed by atoms with van der Waals surface area (Å²) in [7, 11) is 0. The smallest absolute Gasteiger partial charge is 0.307 e. The number of carboxylic acids is 1. The first-order chi connectivity index (χ1) is 11.2. The zero-order valence-electron chi connectivity index (χ0n) is 14.5. The average Bonchev–Trinajstić information content (AvgIpc) is 2.51. The van der Waals surface area contributed by atoms with E-state index >= 15 is 0 Å². The Morgan fingerprint density at radius 2 is 1.39 bits per heavy atom. The Kier molecular flexibility index (Phi) is 15.5. The highest BCUT2D eigenvalue weighted by Gasteiger charge is 1.92. The molecule has 0 aromatic heterocycles. The van der Waals surface area contributed by atoms with E-state index in [1.54, 1.807) is 6.08 Å². The van der Waals surface area contributed by atoms with Gasteiger partial charge in [0.25, 0.3) is 0 Å². The standard InChI is InChI=1S/C20H32O3/c1-2-3-4-5-6-7-8-9-10-11-12-13-14-16-19(21)17-15-18-20(22)23/h12-17H,2-11,18H2,1H3,(H,22,23)/b13-12+,16-14+,17-15+. The van der Waals surface area contributed by atoms with Crippen molar-refractivity contribution in [1.29, 1.82) is 0 Å². The minimum absolute atomic E-state index is 0.117. The zero-order valence-corrected chi connectivity index (χ0v) is 14.5. The van der Waals surface area contributed by atoms with Crippen LogP contribution in [0.5, 0.6) is 0 Å². The summed E-state index contributed by atoms with van der Waals surface area (Å²) in [5.74, 6) is -1.11. The predicted molar refractivity (Wildman–Crippen MR) is 96.5 cm³/mol. The van der Waals surface area contributed by atoms with E-state index in [-0.39, 0.29) is 12.2 Å². The number of carboxylic acid groups (broad SMARTS) is 1. The van der Waals surface area contributed by atoms with Crippen molar-refractivity contribution in [3.8, 4) is 0 Å². The van der Waals surface area contributed by atoms with Crippen LogP contribution in [0.4, 0.5) is 0 Å². The molecule has 0 aromatic carbocycles. The third-order valence-corrected chi connectivity index (χ3v) is 3.56. The Morgan fingerprint density at radius 1 is 0.783 bits per heavy atom. The molecule has 0 radical (unpaired) electrons. The number of rotatable bonds is 15. The van der Waals surface area contributed by atoms with Crippen molar-refractivity contribution >= 4 is 11.8 Å². The number of hydrogen-bond donors (Lipinski definition) is 1. The number of hydrogen-bond acceptors (Lipinski definition) is 2. The lowest BCUT2D eigenvalue weighted by Crippen LogP contribution is -1.91. The van der Waals surface area contributed by atoms with Gasteiger partial charge in [-0.3, -0.25) is 9.59 Å². The second-order valence-corrected chi connectivity index (χ2v) is 5.81. The summed E-state index contributed by atoms with van der Waals surface area (Å²) in [6.07, 6.45) is 22.7. The highest BCUT2D eigenvalue weighted by atomic mass is 16.4. The van der Waals surface area contributed by atoms with Gasteiger partial charge in [-0.15, -0.1) is 0 Å². The van der Waals surface area contributed by atoms with Crippen LogP contribution in [0, 0.1) is 0 Å². The second kappa shape index (κ2) is 16.7. The van der Waals surface area contributed by atoms with Crippen LogP contribution in [0.25, 0.3) is 0 Å². The Hall–Kier alpha value is -1.64. The van der Waals surface area contributed by atoms with E-state index in [4.69, 9.17) is 5.11 Å². The molecule has 0 aromatic rings. The SMILES string of the molecule is CCCCCCCCCCC/C=C/C=C/C(=O)/C=C/CC(=O)O. The summed E-state index contributed by atoms with van der Waals surface area (Å²) < 4.78 is 0. The lowest BCUT2D eigenvalue weighted by molar-refractivity contribution is -0.136. The van der Waals surface area contributed by atoms with Crippen LogP contribution in [-0.4, -0.2) is 16.9 Å². The minimum atomic E-state index is -0.932. The molecule has 0 saturated carbocycles. The van der Waals surface area contributed by atoms with Crippen LogP contribution in [0.2, 0.25) is 0 Å². The number of aliphatic carboxylic acids is 1. The van der Waals surface area contributed by atoms with E-state index in [9.17, 15) is 9.59 Å². The van der Waals surface area contributed by atoms with Gasteiger partial charge in [-0.25, -0.2) is 0 Å². The van der Waals surface area contributed by atoms with Gasteiger partial charge < -0.3 is 5.11 Å². The molecule has 0 aliphatic heterocycles. The zero-order chi connectivity index (χ0) is 17.2. The van der Waals surface area contributed by atoms with E-state index < -0.39 is 5.97 Å². The normalized spacial score (nSPS) is 11.9. The molecule has 0 rings (SSSR count). The highest BCUT2D eigenvalue weighted by Crippen LogP contribution is 2.10. The fourth-order valence-corrected chi connectivity index (χ4v) is 2.23. The predicted octanol–water partition coefficient (Wildman–Crippen LogP) is 5.62. The Balaban J connectivity index is 3.46. The Bertz CT molecular complexity index is 392. The number of carbonyl (C=O) groups excluding carboxylic acids is 1. The summed E-state index contributed by atoms with van der Waals surface area (Å²) in [6.45, 7) is 2.24. The average molecular weight is 320 g/mol. The maximum atomic E-state index is 11.3. The molecular weight excluding hydrogens is 288 g/mol. The molecule has 0 amide bonds. The van der Waals surface area contributed by atoms with Crippen molar-refractivity contribution < 1.29 is 14.7 Å². The molecule has 1 N–H and O–H groups in total. The van der Waals surface area contributed by atoms with Gasteiger partial charge in [0, 0.05) is 0 Å². The third-order valence-electron chi connectivity index (χ3n) is 3.56. The lowest BCUT2D eigenvalue weighted by Gasteiger charge is -2.00. The molecule has 3 heteroatoms. The van der Waals surface area contributed by atoms with Crippen molar-refractivity contribution in [3.05, 3.63) is 36.5 Å². The lowest BCUT2D eigenvalue weighted by atomic mass is 10.1. The summed E-state index contributed by atoms with van der Waals surface area (Å²) in [5, 5.41) is 8.43. The Labute approximate surface area is 141 Å². The van der Waals surface area contributed by atoms with Gasteiger partial charge in [-0.05, 0) is 25.0 Å². The number of allylic oxidation sites excluding steroid dienone is 5. The van der Waals surface area contributed by atoms with E-state index in [0.717, 1.165) is 6.42 Å². The van der Waals surface area contributed by atoms with Gasteiger partial charge in [0.15, 0.2) is 5.78 Å². The quantitative estimate of drug-likeness (QED) is 0.242. The van der Waals surface area contributed by atoms with Crippen LogP contribution in [-0.2, 0) is 9.59 Å². The molecular formula is C20H32O3. The highest BCUT2D eigenvalue weighted by molar-refractivity contribution is 5.99. The molecule has 0 aliphatic rings. The fraction of sp³-hybridized carbons (Fsp3) is 0.600.